The molecular weight excluding hydrogens is 358 g/mol. The van der Waals surface area contributed by atoms with E-state index in [1.165, 1.54) is 12.1 Å². The highest BCUT2D eigenvalue weighted by atomic mass is 16.5. The van der Waals surface area contributed by atoms with Crippen LogP contribution in [-0.2, 0) is 9.59 Å². The fraction of sp³-hybridized carbons (Fsp3) is 0.286. The Morgan fingerprint density at radius 1 is 1.04 bits per heavy atom. The zero-order chi connectivity index (χ0) is 19.9. The maximum Gasteiger partial charge on any atom is 0.243 e. The van der Waals surface area contributed by atoms with Crippen LogP contribution in [0.5, 0.6) is 11.5 Å². The number of hydrazone groups is 1. The van der Waals surface area contributed by atoms with Gasteiger partial charge in [0, 0.05) is 31.0 Å². The van der Waals surface area contributed by atoms with Gasteiger partial charge in [0.25, 0.3) is 0 Å². The van der Waals surface area contributed by atoms with Crippen LogP contribution in [0.3, 0.4) is 0 Å². The van der Waals surface area contributed by atoms with E-state index in [2.05, 4.69) is 10.4 Å². The van der Waals surface area contributed by atoms with Crippen LogP contribution >= 0.6 is 0 Å². The van der Waals surface area contributed by atoms with Gasteiger partial charge in [-0.1, -0.05) is 30.3 Å². The van der Waals surface area contributed by atoms with Gasteiger partial charge in [-0.25, -0.2) is 5.01 Å². The molecule has 0 aromatic heterocycles. The number of ether oxygens (including phenoxy) is 2. The molecule has 0 spiro atoms. The lowest BCUT2D eigenvalue weighted by molar-refractivity contribution is -0.132. The first-order chi connectivity index (χ1) is 13.6. The normalized spacial score (nSPS) is 13.1. The highest BCUT2D eigenvalue weighted by molar-refractivity contribution is 6.02. The lowest BCUT2D eigenvalue weighted by Crippen LogP contribution is -2.25. The second-order valence-corrected chi connectivity index (χ2v) is 6.30. The van der Waals surface area contributed by atoms with Crippen molar-refractivity contribution in [1.82, 2.24) is 5.01 Å². The zero-order valence-corrected chi connectivity index (χ0v) is 16.0. The molecule has 1 aliphatic rings. The molecule has 0 saturated carbocycles. The van der Waals surface area contributed by atoms with Crippen LogP contribution in [-0.4, -0.2) is 43.3 Å². The zero-order valence-electron chi connectivity index (χ0n) is 16.0. The molecule has 0 saturated heterocycles. The number of hydrogen-bond donors (Lipinski definition) is 1. The van der Waals surface area contributed by atoms with E-state index in [9.17, 15) is 9.59 Å². The molecule has 2 aromatic rings. The van der Waals surface area contributed by atoms with Gasteiger partial charge in [-0.15, -0.1) is 0 Å². The lowest BCUT2D eigenvalue weighted by Gasteiger charge is -2.12. The number of nitrogens with one attached hydrogen (secondary N) is 1. The number of benzene rings is 2. The van der Waals surface area contributed by atoms with E-state index in [0.29, 0.717) is 30.2 Å². The summed E-state index contributed by atoms with van der Waals surface area (Å²) in [6.45, 7) is 0.542. The lowest BCUT2D eigenvalue weighted by atomic mass is 10.1. The third-order valence-corrected chi connectivity index (χ3v) is 4.43. The second kappa shape index (κ2) is 9.03. The molecule has 2 amide bonds. The van der Waals surface area contributed by atoms with Crippen molar-refractivity contribution < 1.29 is 19.1 Å². The molecule has 1 heterocycles. The number of carbonyl (C=O) groups excluding carboxylic acids is 2. The molecule has 1 aliphatic heterocycles. The standard InChI is InChI=1S/C21H23N3O4/c1-27-18-9-8-16(14-19(18)28-2)22-20(25)10-11-21(26)24-13-12-17(23-24)15-6-4-3-5-7-15/h3-9,14H,10-13H2,1-2H3,(H,22,25). The first kappa shape index (κ1) is 19.4. The Morgan fingerprint density at radius 2 is 1.79 bits per heavy atom. The number of hydrogen-bond acceptors (Lipinski definition) is 5. The summed E-state index contributed by atoms with van der Waals surface area (Å²) in [4.78, 5) is 24.5. The van der Waals surface area contributed by atoms with E-state index in [-0.39, 0.29) is 24.7 Å². The highest BCUT2D eigenvalue weighted by Gasteiger charge is 2.22. The van der Waals surface area contributed by atoms with Crippen LogP contribution in [0.15, 0.2) is 53.6 Å². The number of methoxy groups -OCH3 is 2. The summed E-state index contributed by atoms with van der Waals surface area (Å²) in [5, 5.41) is 8.62. The van der Waals surface area contributed by atoms with E-state index in [4.69, 9.17) is 9.47 Å². The third kappa shape index (κ3) is 4.68. The van der Waals surface area contributed by atoms with Crippen molar-refractivity contribution in [2.24, 2.45) is 5.10 Å². The minimum atomic E-state index is -0.243. The Kier molecular flexibility index (Phi) is 6.26. The number of carbonyl (C=O) groups is 2. The molecule has 7 heteroatoms. The molecule has 7 nitrogen and oxygen atoms in total. The summed E-state index contributed by atoms with van der Waals surface area (Å²) in [7, 11) is 3.08. The monoisotopic (exact) mass is 381 g/mol. The van der Waals surface area contributed by atoms with Crippen molar-refractivity contribution in [3.63, 3.8) is 0 Å². The molecule has 0 aliphatic carbocycles. The maximum atomic E-state index is 12.4. The Balaban J connectivity index is 1.52. The second-order valence-electron chi connectivity index (χ2n) is 6.30. The third-order valence-electron chi connectivity index (χ3n) is 4.43. The quantitative estimate of drug-likeness (QED) is 0.799. The molecule has 3 rings (SSSR count). The molecule has 0 unspecified atom stereocenters. The number of nitrogens with zero attached hydrogens (tertiary/aromatic N) is 2. The van der Waals surface area contributed by atoms with Gasteiger partial charge in [0.05, 0.1) is 26.5 Å². The predicted octanol–water partition coefficient (Wildman–Crippen LogP) is 3.06. The van der Waals surface area contributed by atoms with E-state index < -0.39 is 0 Å². The summed E-state index contributed by atoms with van der Waals surface area (Å²) in [6.07, 6.45) is 0.901. The molecule has 0 radical (unpaired) electrons. The van der Waals surface area contributed by atoms with Gasteiger partial charge >= 0.3 is 0 Å². The number of rotatable bonds is 7. The summed E-state index contributed by atoms with van der Waals surface area (Å²) in [5.41, 5.74) is 2.49. The van der Waals surface area contributed by atoms with Gasteiger partial charge in [-0.3, -0.25) is 9.59 Å². The Bertz CT molecular complexity index is 880. The van der Waals surface area contributed by atoms with Crippen molar-refractivity contribution in [3.05, 3.63) is 54.1 Å². The molecule has 146 valence electrons. The van der Waals surface area contributed by atoms with Crippen LogP contribution in [0.2, 0.25) is 0 Å². The van der Waals surface area contributed by atoms with Crippen molar-refractivity contribution in [2.45, 2.75) is 19.3 Å². The molecule has 28 heavy (non-hydrogen) atoms. The molecule has 2 aromatic carbocycles. The maximum absolute atomic E-state index is 12.4. The van der Waals surface area contributed by atoms with Crippen LogP contribution in [0, 0.1) is 0 Å². The van der Waals surface area contributed by atoms with Crippen molar-refractivity contribution in [3.8, 4) is 11.5 Å². The van der Waals surface area contributed by atoms with Crippen molar-refractivity contribution in [1.29, 1.82) is 0 Å². The molecule has 0 bridgehead atoms. The highest BCUT2D eigenvalue weighted by Crippen LogP contribution is 2.29. The topological polar surface area (TPSA) is 80.2 Å². The Morgan fingerprint density at radius 3 is 2.50 bits per heavy atom. The Hall–Kier alpha value is -3.35. The first-order valence-corrected chi connectivity index (χ1v) is 9.06. The average molecular weight is 381 g/mol. The van der Waals surface area contributed by atoms with E-state index in [0.717, 1.165) is 11.3 Å². The molecule has 0 fully saturated rings. The summed E-state index contributed by atoms with van der Waals surface area (Å²) >= 11 is 0. The van der Waals surface area contributed by atoms with Gasteiger partial charge in [-0.2, -0.15) is 5.10 Å². The minimum absolute atomic E-state index is 0.0832. The minimum Gasteiger partial charge on any atom is -0.493 e. The van der Waals surface area contributed by atoms with Crippen LogP contribution in [0.1, 0.15) is 24.8 Å². The first-order valence-electron chi connectivity index (χ1n) is 9.06. The van der Waals surface area contributed by atoms with Crippen molar-refractivity contribution >= 4 is 23.2 Å². The Labute approximate surface area is 163 Å². The van der Waals surface area contributed by atoms with Crippen molar-refractivity contribution in [2.75, 3.05) is 26.1 Å². The number of amides is 2. The summed E-state index contributed by atoms with van der Waals surface area (Å²) in [5.74, 6) is 0.702. The van der Waals surface area contributed by atoms with Gasteiger partial charge in [0.1, 0.15) is 0 Å². The molecule has 1 N–H and O–H groups in total. The van der Waals surface area contributed by atoms with E-state index in [1.807, 2.05) is 30.3 Å². The van der Waals surface area contributed by atoms with Gasteiger partial charge < -0.3 is 14.8 Å². The average Bonchev–Trinajstić information content (AvgIpc) is 3.23. The smallest absolute Gasteiger partial charge is 0.243 e. The van der Waals surface area contributed by atoms with Gasteiger partial charge in [-0.05, 0) is 17.7 Å². The predicted molar refractivity (Wildman–Crippen MR) is 107 cm³/mol. The molecule has 0 atom stereocenters. The van der Waals surface area contributed by atoms with E-state index in [1.54, 1.807) is 25.3 Å². The summed E-state index contributed by atoms with van der Waals surface area (Å²) in [6, 6.07) is 14.9. The molecular formula is C21H23N3O4. The largest absolute Gasteiger partial charge is 0.493 e. The van der Waals surface area contributed by atoms with Crippen LogP contribution in [0.25, 0.3) is 0 Å². The summed E-state index contributed by atoms with van der Waals surface area (Å²) < 4.78 is 10.4. The van der Waals surface area contributed by atoms with Crippen LogP contribution in [0.4, 0.5) is 5.69 Å². The van der Waals surface area contributed by atoms with E-state index >= 15 is 0 Å². The fourth-order valence-corrected chi connectivity index (χ4v) is 2.96. The van der Waals surface area contributed by atoms with Crippen LogP contribution < -0.4 is 14.8 Å². The number of anilines is 1. The van der Waals surface area contributed by atoms with Gasteiger partial charge in [0.2, 0.25) is 11.8 Å². The fourth-order valence-electron chi connectivity index (χ4n) is 2.96. The van der Waals surface area contributed by atoms with Gasteiger partial charge in [0.15, 0.2) is 11.5 Å². The SMILES string of the molecule is COc1ccc(NC(=O)CCC(=O)N2CCC(c3ccccc3)=N2)cc1OC.